The molecular formula is C28H46O4. The Morgan fingerprint density at radius 3 is 2.22 bits per heavy atom. The average Bonchev–Trinajstić information content (AvgIpc) is 3.04. The molecule has 10 atom stereocenters. The summed E-state index contributed by atoms with van der Waals surface area (Å²) in [5.41, 5.74) is 1.02. The molecule has 0 aromatic carbocycles. The smallest absolute Gasteiger partial charge is 0.0877 e. The average molecular weight is 447 g/mol. The molecule has 0 heterocycles. The second-order valence-corrected chi connectivity index (χ2v) is 14.2. The van der Waals surface area contributed by atoms with E-state index in [-0.39, 0.29) is 34.9 Å². The van der Waals surface area contributed by atoms with Gasteiger partial charge < -0.3 is 20.4 Å². The lowest BCUT2D eigenvalue weighted by Gasteiger charge is -2.68. The molecule has 5 aliphatic rings. The third-order valence-electron chi connectivity index (χ3n) is 11.9. The van der Waals surface area contributed by atoms with E-state index >= 15 is 0 Å². The van der Waals surface area contributed by atoms with Crippen LogP contribution in [0.4, 0.5) is 0 Å². The van der Waals surface area contributed by atoms with Gasteiger partial charge in [-0.3, -0.25) is 0 Å². The van der Waals surface area contributed by atoms with Crippen LogP contribution in [0, 0.1) is 44.8 Å². The lowest BCUT2D eigenvalue weighted by atomic mass is 9.37. The Bertz CT molecular complexity index is 805. The minimum Gasteiger partial charge on any atom is -0.396 e. The molecule has 4 nitrogen and oxygen atoms in total. The molecular weight excluding hydrogens is 400 g/mol. The van der Waals surface area contributed by atoms with Gasteiger partial charge in [0.2, 0.25) is 0 Å². The van der Waals surface area contributed by atoms with E-state index in [1.54, 1.807) is 0 Å². The van der Waals surface area contributed by atoms with Gasteiger partial charge in [0.25, 0.3) is 0 Å². The Labute approximate surface area is 194 Å². The molecule has 0 radical (unpaired) electrons. The number of rotatable bonds is 1. The van der Waals surface area contributed by atoms with Gasteiger partial charge >= 0.3 is 0 Å². The van der Waals surface area contributed by atoms with Gasteiger partial charge in [-0.15, -0.1) is 0 Å². The number of aliphatic hydroxyl groups is 4. The van der Waals surface area contributed by atoms with Gasteiger partial charge in [0.15, 0.2) is 0 Å². The molecule has 0 amide bonds. The highest BCUT2D eigenvalue weighted by atomic mass is 16.3. The molecule has 0 unspecified atom stereocenters. The van der Waals surface area contributed by atoms with Crippen LogP contribution in [0.2, 0.25) is 0 Å². The van der Waals surface area contributed by atoms with E-state index in [0.29, 0.717) is 23.7 Å². The zero-order chi connectivity index (χ0) is 23.3. The molecule has 182 valence electrons. The third kappa shape index (κ3) is 2.88. The normalized spacial score (nSPS) is 56.8. The van der Waals surface area contributed by atoms with Gasteiger partial charge in [0, 0.05) is 10.8 Å². The number of allylic oxidation sites excluding steroid dienone is 1. The minimum absolute atomic E-state index is 0.0662. The van der Waals surface area contributed by atoms with E-state index in [9.17, 15) is 20.4 Å². The zero-order valence-electron chi connectivity index (χ0n) is 20.9. The highest BCUT2D eigenvalue weighted by Gasteiger charge is 2.67. The van der Waals surface area contributed by atoms with Crippen molar-refractivity contribution >= 4 is 0 Å². The monoisotopic (exact) mass is 446 g/mol. The van der Waals surface area contributed by atoms with Crippen LogP contribution in [0.3, 0.4) is 0 Å². The first-order chi connectivity index (χ1) is 14.8. The second-order valence-electron chi connectivity index (χ2n) is 14.2. The summed E-state index contributed by atoms with van der Waals surface area (Å²) in [5.74, 6) is 1.01. The maximum absolute atomic E-state index is 11.7. The van der Waals surface area contributed by atoms with Crippen LogP contribution < -0.4 is 0 Å². The van der Waals surface area contributed by atoms with E-state index in [1.807, 2.05) is 6.92 Å². The van der Waals surface area contributed by atoms with Gasteiger partial charge in [-0.25, -0.2) is 0 Å². The van der Waals surface area contributed by atoms with Crippen LogP contribution in [0.15, 0.2) is 11.6 Å². The van der Waals surface area contributed by atoms with Crippen LogP contribution in [-0.4, -0.2) is 45.3 Å². The van der Waals surface area contributed by atoms with Gasteiger partial charge in [-0.1, -0.05) is 40.7 Å². The molecule has 0 aromatic rings. The molecule has 4 saturated carbocycles. The fourth-order valence-electron chi connectivity index (χ4n) is 10.4. The quantitative estimate of drug-likeness (QED) is 0.449. The van der Waals surface area contributed by atoms with Gasteiger partial charge in [0.1, 0.15) is 0 Å². The molecule has 4 N–H and O–H groups in total. The van der Waals surface area contributed by atoms with Gasteiger partial charge in [-0.2, -0.15) is 0 Å². The Balaban J connectivity index is 1.51. The van der Waals surface area contributed by atoms with E-state index < -0.39 is 17.6 Å². The van der Waals surface area contributed by atoms with E-state index in [0.717, 1.165) is 44.9 Å². The molecule has 5 aliphatic carbocycles. The summed E-state index contributed by atoms with van der Waals surface area (Å²) in [6, 6.07) is 0. The number of hydrogen-bond donors (Lipinski definition) is 4. The number of hydrogen-bond acceptors (Lipinski definition) is 4. The second kappa shape index (κ2) is 7.06. The van der Waals surface area contributed by atoms with Crippen LogP contribution in [0.1, 0.15) is 92.4 Å². The maximum atomic E-state index is 11.7. The molecule has 0 saturated heterocycles. The maximum Gasteiger partial charge on any atom is 0.0877 e. The highest BCUT2D eigenvalue weighted by molar-refractivity contribution is 5.30. The zero-order valence-corrected chi connectivity index (χ0v) is 20.9. The third-order valence-corrected chi connectivity index (χ3v) is 11.9. The SMILES string of the molecule is CC1(C)CC[C@]2(CC[C@@H]3C(=CC[C@@H]4[C@@]5(C)C[C@@H](O)[C@H](O)[C@@](C)(CO)[C@@H]5CC[C@]43C)[C@H]2O)C1. The molecule has 4 heteroatoms. The summed E-state index contributed by atoms with van der Waals surface area (Å²) in [6.45, 7) is 11.4. The van der Waals surface area contributed by atoms with Crippen molar-refractivity contribution in [3.05, 3.63) is 11.6 Å². The Morgan fingerprint density at radius 2 is 1.59 bits per heavy atom. The van der Waals surface area contributed by atoms with E-state index in [2.05, 4.69) is 33.8 Å². The fraction of sp³-hybridized carbons (Fsp3) is 0.929. The van der Waals surface area contributed by atoms with Crippen LogP contribution in [0.5, 0.6) is 0 Å². The highest BCUT2D eigenvalue weighted by Crippen LogP contribution is 2.71. The predicted molar refractivity (Wildman–Crippen MR) is 126 cm³/mol. The lowest BCUT2D eigenvalue weighted by Crippen LogP contribution is -2.66. The molecule has 5 rings (SSSR count). The summed E-state index contributed by atoms with van der Waals surface area (Å²) in [7, 11) is 0. The molecule has 4 fully saturated rings. The van der Waals surface area contributed by atoms with Gasteiger partial charge in [-0.05, 0) is 97.4 Å². The number of fused-ring (bicyclic) bond motifs is 5. The standard InChI is InChI=1S/C28H46O4/c1-24(2)12-13-28(15-24)11-8-18-17(22(28)31)6-7-20-25(18,3)10-9-21-26(20,4)14-19(30)23(32)27(21,5)16-29/h6,18-23,29-32H,7-16H2,1-5H3/t18-,19-,20+,21-,22-,23+,25+,26-,27+,28-/m1/s1. The van der Waals surface area contributed by atoms with E-state index in [4.69, 9.17) is 0 Å². The first kappa shape index (κ1) is 23.3. The summed E-state index contributed by atoms with van der Waals surface area (Å²) in [4.78, 5) is 0. The van der Waals surface area contributed by atoms with Crippen molar-refractivity contribution in [3.8, 4) is 0 Å². The first-order valence-corrected chi connectivity index (χ1v) is 13.2. The lowest BCUT2D eigenvalue weighted by molar-refractivity contribution is -0.234. The number of aliphatic hydroxyl groups excluding tert-OH is 4. The minimum atomic E-state index is -0.869. The van der Waals surface area contributed by atoms with Crippen molar-refractivity contribution in [2.24, 2.45) is 44.8 Å². The van der Waals surface area contributed by atoms with E-state index in [1.165, 1.54) is 12.0 Å². The van der Waals surface area contributed by atoms with Crippen molar-refractivity contribution in [3.63, 3.8) is 0 Å². The van der Waals surface area contributed by atoms with Crippen molar-refractivity contribution in [2.45, 2.75) is 111 Å². The summed E-state index contributed by atoms with van der Waals surface area (Å²) >= 11 is 0. The van der Waals surface area contributed by atoms with Crippen molar-refractivity contribution in [2.75, 3.05) is 6.61 Å². The Kier molecular flexibility index (Phi) is 5.14. The Hall–Kier alpha value is -0.420. The summed E-state index contributed by atoms with van der Waals surface area (Å²) in [6.07, 6.45) is 9.77. The predicted octanol–water partition coefficient (Wildman–Crippen LogP) is 4.45. The topological polar surface area (TPSA) is 80.9 Å². The fourth-order valence-corrected chi connectivity index (χ4v) is 10.4. The molecule has 0 bridgehead atoms. The van der Waals surface area contributed by atoms with Crippen molar-refractivity contribution in [1.29, 1.82) is 0 Å². The molecule has 1 spiro atoms. The van der Waals surface area contributed by atoms with Gasteiger partial charge in [0.05, 0.1) is 24.9 Å². The van der Waals surface area contributed by atoms with Crippen LogP contribution >= 0.6 is 0 Å². The van der Waals surface area contributed by atoms with Crippen LogP contribution in [0.25, 0.3) is 0 Å². The van der Waals surface area contributed by atoms with Crippen LogP contribution in [-0.2, 0) is 0 Å². The Morgan fingerprint density at radius 1 is 0.875 bits per heavy atom. The molecule has 0 aliphatic heterocycles. The molecule has 32 heavy (non-hydrogen) atoms. The van der Waals surface area contributed by atoms with Crippen molar-refractivity contribution in [1.82, 2.24) is 0 Å². The summed E-state index contributed by atoms with van der Waals surface area (Å²) in [5, 5.41) is 43.7. The van der Waals surface area contributed by atoms with Crippen molar-refractivity contribution < 1.29 is 20.4 Å². The largest absolute Gasteiger partial charge is 0.396 e. The first-order valence-electron chi connectivity index (χ1n) is 13.2. The molecule has 0 aromatic heterocycles. The summed E-state index contributed by atoms with van der Waals surface area (Å²) < 4.78 is 0.